The highest BCUT2D eigenvalue weighted by molar-refractivity contribution is 7.80. The van der Waals surface area contributed by atoms with E-state index < -0.39 is 11.9 Å². The van der Waals surface area contributed by atoms with E-state index in [-0.39, 0.29) is 12.3 Å². The van der Waals surface area contributed by atoms with Gasteiger partial charge < -0.3 is 14.7 Å². The lowest BCUT2D eigenvalue weighted by Gasteiger charge is -2.35. The molecule has 2 aliphatic heterocycles. The Hall–Kier alpha value is -2.06. The Morgan fingerprint density at radius 3 is 2.77 bits per heavy atom. The third-order valence-corrected chi connectivity index (χ3v) is 5.03. The molecule has 1 aliphatic carbocycles. The summed E-state index contributed by atoms with van der Waals surface area (Å²) in [6.07, 6.45) is 8.04. The Labute approximate surface area is 158 Å². The van der Waals surface area contributed by atoms with Gasteiger partial charge in [-0.3, -0.25) is 14.5 Å². The number of hydrogen-bond acceptors (Lipinski definition) is 5. The molecular formula is C18H23N3O4S. The van der Waals surface area contributed by atoms with Gasteiger partial charge in [0.15, 0.2) is 0 Å². The van der Waals surface area contributed by atoms with E-state index in [0.29, 0.717) is 43.4 Å². The lowest BCUT2D eigenvalue weighted by molar-refractivity contribution is -0.137. The molecule has 1 saturated heterocycles. The number of morpholine rings is 1. The minimum absolute atomic E-state index is 0.0478. The monoisotopic (exact) mass is 377 g/mol. The number of carbonyl (C=O) groups is 2. The van der Waals surface area contributed by atoms with Gasteiger partial charge in [-0.1, -0.05) is 6.42 Å². The minimum atomic E-state index is -0.793. The second-order valence-electron chi connectivity index (χ2n) is 6.52. The molecule has 0 aromatic heterocycles. The first-order chi connectivity index (χ1) is 12.6. The first-order valence-electron chi connectivity index (χ1n) is 8.94. The number of aliphatic imine (C=N–C) groups is 1. The number of aliphatic carboxylic acids is 1. The summed E-state index contributed by atoms with van der Waals surface area (Å²) < 4.78 is 5.38. The number of amides is 1. The van der Waals surface area contributed by atoms with Crippen LogP contribution in [0.4, 0.5) is 0 Å². The van der Waals surface area contributed by atoms with Gasteiger partial charge in [0.05, 0.1) is 18.9 Å². The number of allylic oxidation sites excluding steroid dienone is 2. The normalized spacial score (nSPS) is 22.8. The molecular weight excluding hydrogens is 354 g/mol. The molecule has 1 unspecified atom stereocenters. The van der Waals surface area contributed by atoms with Crippen LogP contribution in [0.15, 0.2) is 28.9 Å². The third kappa shape index (κ3) is 4.37. The highest BCUT2D eigenvalue weighted by Gasteiger charge is 2.35. The summed E-state index contributed by atoms with van der Waals surface area (Å²) >= 11 is 5.29. The van der Waals surface area contributed by atoms with Gasteiger partial charge in [0, 0.05) is 31.8 Å². The van der Waals surface area contributed by atoms with Crippen molar-refractivity contribution in [3.63, 3.8) is 0 Å². The van der Waals surface area contributed by atoms with Crippen molar-refractivity contribution in [2.45, 2.75) is 25.7 Å². The molecule has 0 aromatic rings. The SMILES string of the molecule is O=C(O)CCCCCN1C(=O)C2C=C(N3CCOCC3)C=CC2=NC1=S. The summed E-state index contributed by atoms with van der Waals surface area (Å²) in [6, 6.07) is 0. The van der Waals surface area contributed by atoms with Gasteiger partial charge in [-0.15, -0.1) is 0 Å². The van der Waals surface area contributed by atoms with Crippen molar-refractivity contribution in [1.29, 1.82) is 0 Å². The van der Waals surface area contributed by atoms with E-state index in [9.17, 15) is 9.59 Å². The van der Waals surface area contributed by atoms with Crippen LogP contribution in [0.5, 0.6) is 0 Å². The van der Waals surface area contributed by atoms with Crippen molar-refractivity contribution in [1.82, 2.24) is 9.80 Å². The van der Waals surface area contributed by atoms with E-state index in [2.05, 4.69) is 9.89 Å². The number of carboxylic acids is 1. The summed E-state index contributed by atoms with van der Waals surface area (Å²) in [5.41, 5.74) is 1.72. The molecule has 0 spiro atoms. The van der Waals surface area contributed by atoms with E-state index in [1.165, 1.54) is 0 Å². The predicted molar refractivity (Wildman–Crippen MR) is 101 cm³/mol. The Morgan fingerprint density at radius 2 is 2.04 bits per heavy atom. The quantitative estimate of drug-likeness (QED) is 0.536. The van der Waals surface area contributed by atoms with E-state index in [1.807, 2.05) is 18.2 Å². The second-order valence-corrected chi connectivity index (χ2v) is 6.88. The van der Waals surface area contributed by atoms with Crippen LogP contribution in [0.1, 0.15) is 25.7 Å². The lowest BCUT2D eigenvalue weighted by atomic mass is 9.93. The topological polar surface area (TPSA) is 82.4 Å². The number of thiocarbonyl (C=S) groups is 1. The molecule has 3 aliphatic rings. The number of carbonyl (C=O) groups excluding carboxylic acids is 1. The van der Waals surface area contributed by atoms with Gasteiger partial charge in [-0.25, -0.2) is 4.99 Å². The van der Waals surface area contributed by atoms with Crippen LogP contribution in [0, 0.1) is 5.92 Å². The number of unbranched alkanes of at least 4 members (excludes halogenated alkanes) is 2. The van der Waals surface area contributed by atoms with E-state index in [0.717, 1.165) is 25.2 Å². The molecule has 26 heavy (non-hydrogen) atoms. The molecule has 1 amide bonds. The summed E-state index contributed by atoms with van der Waals surface area (Å²) in [4.78, 5) is 31.7. The lowest BCUT2D eigenvalue weighted by Crippen LogP contribution is -2.47. The second kappa shape index (κ2) is 8.55. The van der Waals surface area contributed by atoms with Crippen molar-refractivity contribution >= 4 is 34.9 Å². The first-order valence-corrected chi connectivity index (χ1v) is 9.35. The highest BCUT2D eigenvalue weighted by atomic mass is 32.1. The van der Waals surface area contributed by atoms with Crippen molar-refractivity contribution in [3.8, 4) is 0 Å². The molecule has 0 aromatic carbocycles. The largest absolute Gasteiger partial charge is 0.481 e. The predicted octanol–water partition coefficient (Wildman–Crippen LogP) is 1.60. The molecule has 2 heterocycles. The van der Waals surface area contributed by atoms with Crippen molar-refractivity contribution < 1.29 is 19.4 Å². The van der Waals surface area contributed by atoms with Gasteiger partial charge in [-0.2, -0.15) is 0 Å². The molecule has 1 N–H and O–H groups in total. The zero-order valence-electron chi connectivity index (χ0n) is 14.6. The summed E-state index contributed by atoms with van der Waals surface area (Å²) in [5, 5.41) is 8.98. The van der Waals surface area contributed by atoms with Crippen molar-refractivity contribution in [3.05, 3.63) is 23.9 Å². The summed E-state index contributed by atoms with van der Waals surface area (Å²) in [7, 11) is 0. The molecule has 140 valence electrons. The zero-order valence-corrected chi connectivity index (χ0v) is 15.4. The molecule has 0 bridgehead atoms. The highest BCUT2D eigenvalue weighted by Crippen LogP contribution is 2.25. The zero-order chi connectivity index (χ0) is 18.5. The minimum Gasteiger partial charge on any atom is -0.481 e. The van der Waals surface area contributed by atoms with Crippen molar-refractivity contribution in [2.24, 2.45) is 10.9 Å². The van der Waals surface area contributed by atoms with Crippen LogP contribution in [0.2, 0.25) is 0 Å². The van der Waals surface area contributed by atoms with Gasteiger partial charge in [-0.05, 0) is 43.3 Å². The fourth-order valence-electron chi connectivity index (χ4n) is 3.28. The average Bonchev–Trinajstić information content (AvgIpc) is 2.64. The molecule has 0 saturated carbocycles. The Bertz CT molecular complexity index is 680. The number of rotatable bonds is 7. The van der Waals surface area contributed by atoms with Crippen LogP contribution >= 0.6 is 12.2 Å². The smallest absolute Gasteiger partial charge is 0.303 e. The average molecular weight is 377 g/mol. The number of nitrogens with zero attached hydrogens (tertiary/aromatic N) is 3. The molecule has 3 rings (SSSR count). The van der Waals surface area contributed by atoms with E-state index in [1.54, 1.807) is 4.90 Å². The number of hydrogen-bond donors (Lipinski definition) is 1. The van der Waals surface area contributed by atoms with Gasteiger partial charge in [0.1, 0.15) is 5.92 Å². The molecule has 0 radical (unpaired) electrons. The maximum absolute atomic E-state index is 12.9. The Morgan fingerprint density at radius 1 is 1.27 bits per heavy atom. The third-order valence-electron chi connectivity index (χ3n) is 4.72. The van der Waals surface area contributed by atoms with E-state index in [4.69, 9.17) is 22.1 Å². The van der Waals surface area contributed by atoms with Gasteiger partial charge in [0.2, 0.25) is 11.0 Å². The fraction of sp³-hybridized carbons (Fsp3) is 0.556. The standard InChI is InChI=1S/C18H23N3O4S/c22-16(23)4-2-1-3-7-21-17(24)14-12-13(20-8-10-25-11-9-20)5-6-15(14)19-18(21)26/h5-6,12,14H,1-4,7-11H2,(H,22,23). The molecule has 7 nitrogen and oxygen atoms in total. The Kier molecular flexibility index (Phi) is 6.16. The molecule has 1 atom stereocenters. The molecule has 8 heteroatoms. The van der Waals surface area contributed by atoms with Crippen molar-refractivity contribution in [2.75, 3.05) is 32.8 Å². The van der Waals surface area contributed by atoms with Crippen LogP contribution in [0.25, 0.3) is 0 Å². The van der Waals surface area contributed by atoms with Gasteiger partial charge >= 0.3 is 5.97 Å². The van der Waals surface area contributed by atoms with Crippen LogP contribution in [-0.4, -0.2) is 70.5 Å². The summed E-state index contributed by atoms with van der Waals surface area (Å²) in [5.74, 6) is -1.24. The molecule has 1 fully saturated rings. The maximum atomic E-state index is 12.9. The number of carboxylic acid groups (broad SMARTS) is 1. The Balaban J connectivity index is 1.63. The van der Waals surface area contributed by atoms with Crippen LogP contribution < -0.4 is 0 Å². The van der Waals surface area contributed by atoms with E-state index >= 15 is 0 Å². The van der Waals surface area contributed by atoms with Crippen LogP contribution in [-0.2, 0) is 14.3 Å². The van der Waals surface area contributed by atoms with Gasteiger partial charge in [0.25, 0.3) is 0 Å². The number of fused-ring (bicyclic) bond motifs is 1. The van der Waals surface area contributed by atoms with Crippen LogP contribution in [0.3, 0.4) is 0 Å². The first kappa shape index (κ1) is 18.7. The number of ether oxygens (including phenoxy) is 1. The maximum Gasteiger partial charge on any atom is 0.303 e. The summed E-state index contributed by atoms with van der Waals surface area (Å²) in [6.45, 7) is 3.49. The fourth-order valence-corrected chi connectivity index (χ4v) is 3.57.